The highest BCUT2D eigenvalue weighted by Crippen LogP contribution is 2.25. The molecule has 2 rings (SSSR count). The summed E-state index contributed by atoms with van der Waals surface area (Å²) in [7, 11) is -2.15. The first-order chi connectivity index (χ1) is 9.33. The van der Waals surface area contributed by atoms with Crippen molar-refractivity contribution in [2.45, 2.75) is 11.4 Å². The predicted octanol–water partition coefficient (Wildman–Crippen LogP) is 2.08. The van der Waals surface area contributed by atoms with E-state index in [1.807, 2.05) is 0 Å². The van der Waals surface area contributed by atoms with Crippen LogP contribution in [0.4, 0.5) is 10.1 Å². The van der Waals surface area contributed by atoms with Crippen LogP contribution < -0.4 is 10.5 Å². The van der Waals surface area contributed by atoms with Gasteiger partial charge in [-0.3, -0.25) is 4.72 Å². The van der Waals surface area contributed by atoms with Crippen LogP contribution in [0.2, 0.25) is 5.02 Å². The van der Waals surface area contributed by atoms with Gasteiger partial charge in [-0.2, -0.15) is 0 Å². The largest absolute Gasteiger partial charge is 0.352 e. The molecule has 0 fully saturated rings. The van der Waals surface area contributed by atoms with Crippen molar-refractivity contribution in [2.24, 2.45) is 12.8 Å². The van der Waals surface area contributed by atoms with Crippen LogP contribution in [0.15, 0.2) is 35.4 Å². The lowest BCUT2D eigenvalue weighted by Gasteiger charge is -2.08. The minimum Gasteiger partial charge on any atom is -0.352 e. The van der Waals surface area contributed by atoms with Gasteiger partial charge in [0.2, 0.25) is 0 Å². The van der Waals surface area contributed by atoms with E-state index in [2.05, 4.69) is 4.72 Å². The second kappa shape index (κ2) is 5.43. The van der Waals surface area contributed by atoms with Gasteiger partial charge in [-0.05, 0) is 24.3 Å². The van der Waals surface area contributed by atoms with Crippen LogP contribution in [0.1, 0.15) is 5.69 Å². The number of benzene rings is 1. The second-order valence-electron chi connectivity index (χ2n) is 4.21. The molecule has 1 heterocycles. The predicted molar refractivity (Wildman–Crippen MR) is 75.5 cm³/mol. The molecule has 5 nitrogen and oxygen atoms in total. The maximum atomic E-state index is 13.1. The van der Waals surface area contributed by atoms with Gasteiger partial charge in [0.25, 0.3) is 10.0 Å². The Balaban J connectivity index is 2.37. The van der Waals surface area contributed by atoms with Crippen LogP contribution in [-0.4, -0.2) is 13.0 Å². The van der Waals surface area contributed by atoms with E-state index in [-0.39, 0.29) is 22.2 Å². The smallest absolute Gasteiger partial charge is 0.263 e. The molecule has 0 unspecified atom stereocenters. The lowest BCUT2D eigenvalue weighted by atomic mass is 10.3. The summed E-state index contributed by atoms with van der Waals surface area (Å²) in [4.78, 5) is 0.0424. The molecule has 3 N–H and O–H groups in total. The summed E-state index contributed by atoms with van der Waals surface area (Å²) in [5.74, 6) is -0.581. The summed E-state index contributed by atoms with van der Waals surface area (Å²) in [6.45, 7) is 0.215. The zero-order valence-electron chi connectivity index (χ0n) is 10.6. The van der Waals surface area contributed by atoms with Gasteiger partial charge in [-0.15, -0.1) is 0 Å². The summed E-state index contributed by atoms with van der Waals surface area (Å²) in [5.41, 5.74) is 6.15. The van der Waals surface area contributed by atoms with Crippen molar-refractivity contribution in [3.8, 4) is 0 Å². The van der Waals surface area contributed by atoms with Crippen LogP contribution in [0.5, 0.6) is 0 Å². The highest BCUT2D eigenvalue weighted by molar-refractivity contribution is 7.92. The Morgan fingerprint density at radius 1 is 1.40 bits per heavy atom. The molecule has 0 amide bonds. The third-order valence-electron chi connectivity index (χ3n) is 2.77. The molecule has 0 bridgehead atoms. The molecule has 0 spiro atoms. The first-order valence-corrected chi connectivity index (χ1v) is 7.53. The van der Waals surface area contributed by atoms with E-state index in [9.17, 15) is 12.8 Å². The first-order valence-electron chi connectivity index (χ1n) is 5.66. The second-order valence-corrected chi connectivity index (χ2v) is 6.30. The third kappa shape index (κ3) is 2.95. The molecule has 108 valence electrons. The fraction of sp³-hybridized carbons (Fsp3) is 0.167. The Kier molecular flexibility index (Phi) is 4.03. The van der Waals surface area contributed by atoms with E-state index >= 15 is 0 Å². The SMILES string of the molecule is Cn1cc(S(=O)(=O)Nc2cc(F)ccc2Cl)cc1CN. The molecule has 0 radical (unpaired) electrons. The molecule has 2 aromatic rings. The average Bonchev–Trinajstić information content (AvgIpc) is 2.76. The Morgan fingerprint density at radius 2 is 2.10 bits per heavy atom. The normalized spacial score (nSPS) is 11.6. The van der Waals surface area contributed by atoms with Gasteiger partial charge < -0.3 is 10.3 Å². The molecule has 8 heteroatoms. The van der Waals surface area contributed by atoms with E-state index in [4.69, 9.17) is 17.3 Å². The molecule has 0 atom stereocenters. The lowest BCUT2D eigenvalue weighted by molar-refractivity contribution is 0.601. The Morgan fingerprint density at radius 3 is 2.70 bits per heavy atom. The minimum atomic E-state index is -3.84. The van der Waals surface area contributed by atoms with Crippen molar-refractivity contribution in [3.05, 3.63) is 47.0 Å². The highest BCUT2D eigenvalue weighted by atomic mass is 35.5. The van der Waals surface area contributed by atoms with E-state index in [1.165, 1.54) is 18.3 Å². The number of hydrogen-bond donors (Lipinski definition) is 2. The molecule has 1 aromatic carbocycles. The van der Waals surface area contributed by atoms with E-state index in [0.29, 0.717) is 5.69 Å². The number of nitrogens with zero attached hydrogens (tertiary/aromatic N) is 1. The summed E-state index contributed by atoms with van der Waals surface area (Å²) in [5, 5.41) is 0.116. The summed E-state index contributed by atoms with van der Waals surface area (Å²) in [6.07, 6.45) is 1.43. The van der Waals surface area contributed by atoms with Gasteiger partial charge in [0.15, 0.2) is 0 Å². The summed E-state index contributed by atoms with van der Waals surface area (Å²) >= 11 is 5.83. The van der Waals surface area contributed by atoms with Gasteiger partial charge in [-0.25, -0.2) is 12.8 Å². The number of rotatable bonds is 4. The third-order valence-corrected chi connectivity index (χ3v) is 4.44. The van der Waals surface area contributed by atoms with E-state index in [0.717, 1.165) is 12.1 Å². The Bertz CT molecular complexity index is 743. The number of halogens is 2. The zero-order valence-corrected chi connectivity index (χ0v) is 12.2. The van der Waals surface area contributed by atoms with Crippen LogP contribution in [0.25, 0.3) is 0 Å². The maximum absolute atomic E-state index is 13.1. The number of aromatic nitrogens is 1. The number of anilines is 1. The van der Waals surface area contributed by atoms with Crippen molar-refractivity contribution in [3.63, 3.8) is 0 Å². The number of hydrogen-bond acceptors (Lipinski definition) is 3. The summed E-state index contributed by atoms with van der Waals surface area (Å²) < 4.78 is 41.4. The number of nitrogens with one attached hydrogen (secondary N) is 1. The van der Waals surface area contributed by atoms with Crippen molar-refractivity contribution in [1.82, 2.24) is 4.57 Å². The topological polar surface area (TPSA) is 77.1 Å². The van der Waals surface area contributed by atoms with Crippen LogP contribution in [0.3, 0.4) is 0 Å². The van der Waals surface area contributed by atoms with Gasteiger partial charge in [0.05, 0.1) is 10.7 Å². The monoisotopic (exact) mass is 317 g/mol. The molecular formula is C12H13ClFN3O2S. The van der Waals surface area contributed by atoms with E-state index in [1.54, 1.807) is 11.6 Å². The fourth-order valence-corrected chi connectivity index (χ4v) is 3.09. The van der Waals surface area contributed by atoms with Gasteiger partial charge in [-0.1, -0.05) is 11.6 Å². The zero-order chi connectivity index (χ0) is 14.9. The van der Waals surface area contributed by atoms with Crippen LogP contribution >= 0.6 is 11.6 Å². The lowest BCUT2D eigenvalue weighted by Crippen LogP contribution is -2.12. The van der Waals surface area contributed by atoms with Gasteiger partial charge >= 0.3 is 0 Å². The molecule has 0 saturated carbocycles. The average molecular weight is 318 g/mol. The van der Waals surface area contributed by atoms with Crippen molar-refractivity contribution in [2.75, 3.05) is 4.72 Å². The minimum absolute atomic E-state index is 0.00943. The van der Waals surface area contributed by atoms with Crippen molar-refractivity contribution < 1.29 is 12.8 Å². The standard InChI is InChI=1S/C12H13ClFN3O2S/c1-17-7-10(5-9(17)6-15)20(18,19)16-12-4-8(14)2-3-11(12)13/h2-5,7,16H,6,15H2,1H3. The fourth-order valence-electron chi connectivity index (χ4n) is 1.71. The number of sulfonamides is 1. The Hall–Kier alpha value is -1.57. The molecule has 20 heavy (non-hydrogen) atoms. The molecule has 0 aliphatic carbocycles. The molecule has 1 aromatic heterocycles. The molecule has 0 aliphatic heterocycles. The van der Waals surface area contributed by atoms with Gasteiger partial charge in [0, 0.05) is 25.5 Å². The molecular weight excluding hydrogens is 305 g/mol. The molecule has 0 saturated heterocycles. The van der Waals surface area contributed by atoms with Gasteiger partial charge in [0.1, 0.15) is 10.7 Å². The maximum Gasteiger partial charge on any atom is 0.263 e. The first kappa shape index (κ1) is 14.8. The Labute approximate surface area is 121 Å². The number of nitrogens with two attached hydrogens (primary N) is 1. The van der Waals surface area contributed by atoms with Crippen molar-refractivity contribution >= 4 is 27.3 Å². The van der Waals surface area contributed by atoms with Crippen LogP contribution in [-0.2, 0) is 23.6 Å². The van der Waals surface area contributed by atoms with E-state index < -0.39 is 15.8 Å². The van der Waals surface area contributed by atoms with Crippen molar-refractivity contribution in [1.29, 1.82) is 0 Å². The summed E-state index contributed by atoms with van der Waals surface area (Å²) in [6, 6.07) is 4.91. The quantitative estimate of drug-likeness (QED) is 0.906. The molecule has 0 aliphatic rings. The van der Waals surface area contributed by atoms with Crippen LogP contribution in [0, 0.1) is 5.82 Å². The highest BCUT2D eigenvalue weighted by Gasteiger charge is 2.18. The number of aryl methyl sites for hydroxylation is 1.